The second-order valence-electron chi connectivity index (χ2n) is 4.03. The molecular formula is C11H13I2O4PS. The molecule has 0 aromatic heterocycles. The molecule has 1 saturated carbocycles. The fourth-order valence-electron chi connectivity index (χ4n) is 2.10. The average molecular weight is 526 g/mol. The van der Waals surface area contributed by atoms with Crippen molar-refractivity contribution in [3.8, 4) is 0 Å². The monoisotopic (exact) mass is 526 g/mol. The third kappa shape index (κ3) is 4.62. The molecule has 106 valence electrons. The number of carbonyl (C=O) groups excluding carboxylic acids is 1. The summed E-state index contributed by atoms with van der Waals surface area (Å²) in [7, 11) is 0. The van der Waals surface area contributed by atoms with Gasteiger partial charge in [0.25, 0.3) is 0 Å². The van der Waals surface area contributed by atoms with E-state index in [0.29, 0.717) is 25.2 Å². The van der Waals surface area contributed by atoms with Crippen molar-refractivity contribution in [3.05, 3.63) is 24.3 Å². The lowest BCUT2D eigenvalue weighted by Gasteiger charge is -2.16. The Hall–Kier alpha value is 1.27. The van der Waals surface area contributed by atoms with E-state index in [4.69, 9.17) is 13.7 Å². The molecule has 2 fully saturated rings. The van der Waals surface area contributed by atoms with Gasteiger partial charge >= 0.3 is 0 Å². The molecule has 1 heterocycles. The van der Waals surface area contributed by atoms with Gasteiger partial charge in [-0.2, -0.15) is 0 Å². The fraction of sp³-hybridized carbons (Fsp3) is 0.545. The van der Waals surface area contributed by atoms with Crippen molar-refractivity contribution in [2.75, 3.05) is 13.2 Å². The van der Waals surface area contributed by atoms with E-state index in [9.17, 15) is 4.79 Å². The van der Waals surface area contributed by atoms with Gasteiger partial charge in [0.2, 0.25) is 0 Å². The zero-order valence-corrected chi connectivity index (χ0v) is 16.0. The van der Waals surface area contributed by atoms with Crippen molar-refractivity contribution >= 4 is 63.9 Å². The number of ketones is 1. The first-order valence-corrected chi connectivity index (χ1v) is 13.9. The highest BCUT2D eigenvalue weighted by atomic mass is 127. The molecule has 19 heavy (non-hydrogen) atoms. The van der Waals surface area contributed by atoms with Crippen LogP contribution in [0.5, 0.6) is 0 Å². The van der Waals surface area contributed by atoms with Crippen LogP contribution in [0.2, 0.25) is 0 Å². The predicted molar refractivity (Wildman–Crippen MR) is 94.5 cm³/mol. The summed E-state index contributed by atoms with van der Waals surface area (Å²) in [5.41, 5.74) is 0.707. The van der Waals surface area contributed by atoms with E-state index in [1.54, 1.807) is 12.2 Å². The quantitative estimate of drug-likeness (QED) is 0.177. The maximum atomic E-state index is 12.1. The summed E-state index contributed by atoms with van der Waals surface area (Å²) in [4.78, 5) is 12.1. The van der Waals surface area contributed by atoms with E-state index in [1.165, 1.54) is 11.7 Å². The van der Waals surface area contributed by atoms with Crippen molar-refractivity contribution in [2.45, 2.75) is 18.8 Å². The van der Waals surface area contributed by atoms with E-state index < -0.39 is 6.29 Å². The van der Waals surface area contributed by atoms with Crippen molar-refractivity contribution in [3.63, 3.8) is 0 Å². The smallest absolute Gasteiger partial charge is 0.177 e. The molecule has 0 aromatic carbocycles. The minimum Gasteiger partial charge on any atom is -0.347 e. The van der Waals surface area contributed by atoms with Gasteiger partial charge in [-0.3, -0.25) is 4.79 Å². The average Bonchev–Trinajstić information content (AvgIpc) is 2.96. The van der Waals surface area contributed by atoms with Crippen molar-refractivity contribution in [2.24, 2.45) is 5.92 Å². The lowest BCUT2D eigenvalue weighted by atomic mass is 10.0. The van der Waals surface area contributed by atoms with Crippen LogP contribution >= 0.6 is 58.2 Å². The van der Waals surface area contributed by atoms with E-state index in [-0.39, 0.29) is 20.2 Å². The summed E-state index contributed by atoms with van der Waals surface area (Å²) in [6, 6.07) is 0. The molecule has 0 aromatic rings. The molecule has 1 aliphatic heterocycles. The third-order valence-corrected chi connectivity index (χ3v) is 6.85. The highest BCUT2D eigenvalue weighted by molar-refractivity contribution is 14.3. The molecule has 8 heteroatoms. The summed E-state index contributed by atoms with van der Waals surface area (Å²) in [5.74, 6) is 0.0244. The molecule has 2 atom stereocenters. The molecule has 0 bridgehead atoms. The SMILES string of the molecule is C=C[C@@H]1/C(=C/C2OCCO2)C(=O)C[C@H]1OSP(I)I. The highest BCUT2D eigenvalue weighted by Gasteiger charge is 2.38. The van der Waals surface area contributed by atoms with Gasteiger partial charge in [0.1, 0.15) is 2.41 Å². The van der Waals surface area contributed by atoms with Gasteiger partial charge < -0.3 is 13.7 Å². The van der Waals surface area contributed by atoms with Gasteiger partial charge in [-0.05, 0) is 50.2 Å². The van der Waals surface area contributed by atoms with Crippen LogP contribution in [0.3, 0.4) is 0 Å². The van der Waals surface area contributed by atoms with Gasteiger partial charge in [0, 0.05) is 29.6 Å². The van der Waals surface area contributed by atoms with Gasteiger partial charge in [-0.25, -0.2) is 0 Å². The van der Waals surface area contributed by atoms with E-state index >= 15 is 0 Å². The Bertz CT molecular complexity index is 385. The minimum absolute atomic E-state index is 0.0736. The molecule has 0 N–H and O–H groups in total. The maximum Gasteiger partial charge on any atom is 0.177 e. The molecule has 2 rings (SSSR count). The standard InChI is InChI=1S/C11H13I2O4PS/c1-2-7-8(5-11-15-3-4-16-11)9(14)6-10(7)17-19-18(12)13/h2,5,7,10-11H,1,3-4,6H2/b8-5-/t7-,10-/m1/s1. The number of rotatable bonds is 5. The topological polar surface area (TPSA) is 44.8 Å². The number of hydrogen-bond acceptors (Lipinski definition) is 5. The number of halogens is 2. The van der Waals surface area contributed by atoms with Crippen LogP contribution in [0.15, 0.2) is 24.3 Å². The lowest BCUT2D eigenvalue weighted by molar-refractivity contribution is -0.115. The molecule has 0 amide bonds. The van der Waals surface area contributed by atoms with Gasteiger partial charge in [0.15, 0.2) is 12.1 Å². The van der Waals surface area contributed by atoms with Crippen LogP contribution in [0.1, 0.15) is 6.42 Å². The largest absolute Gasteiger partial charge is 0.347 e. The zero-order chi connectivity index (χ0) is 13.8. The molecular weight excluding hydrogens is 513 g/mol. The molecule has 1 aliphatic carbocycles. The summed E-state index contributed by atoms with van der Waals surface area (Å²) in [6.45, 7) is 4.97. The molecule has 4 nitrogen and oxygen atoms in total. The van der Waals surface area contributed by atoms with E-state index in [0.717, 1.165) is 0 Å². The maximum absolute atomic E-state index is 12.1. The van der Waals surface area contributed by atoms with Crippen LogP contribution in [0, 0.1) is 5.92 Å². The Labute approximate surface area is 143 Å². The van der Waals surface area contributed by atoms with Crippen LogP contribution < -0.4 is 0 Å². The Balaban J connectivity index is 2.06. The summed E-state index contributed by atoms with van der Waals surface area (Å²) in [5, 5.41) is 0. The second kappa shape index (κ2) is 8.05. The van der Waals surface area contributed by atoms with E-state index in [2.05, 4.69) is 50.7 Å². The van der Waals surface area contributed by atoms with E-state index in [1.807, 2.05) is 0 Å². The lowest BCUT2D eigenvalue weighted by Crippen LogP contribution is -2.15. The Kier molecular flexibility index (Phi) is 7.05. The second-order valence-corrected chi connectivity index (χ2v) is 21.6. The number of hydrogen-bond donors (Lipinski definition) is 0. The number of ether oxygens (including phenoxy) is 2. The molecule has 0 spiro atoms. The first-order chi connectivity index (χ1) is 9.11. The molecule has 1 saturated heterocycles. The zero-order valence-electron chi connectivity index (χ0n) is 9.96. The van der Waals surface area contributed by atoms with Crippen LogP contribution in [-0.4, -0.2) is 31.4 Å². The Morgan fingerprint density at radius 1 is 1.42 bits per heavy atom. The third-order valence-electron chi connectivity index (χ3n) is 2.91. The van der Waals surface area contributed by atoms with Gasteiger partial charge in [-0.1, -0.05) is 6.08 Å². The first-order valence-electron chi connectivity index (χ1n) is 5.67. The Morgan fingerprint density at radius 3 is 2.68 bits per heavy atom. The van der Waals surface area contributed by atoms with Crippen molar-refractivity contribution in [1.82, 2.24) is 0 Å². The summed E-state index contributed by atoms with van der Waals surface area (Å²) in [6.07, 6.45) is 3.42. The van der Waals surface area contributed by atoms with Crippen molar-refractivity contribution < 1.29 is 18.5 Å². The van der Waals surface area contributed by atoms with Gasteiger partial charge in [0.05, 0.1) is 19.3 Å². The summed E-state index contributed by atoms with van der Waals surface area (Å²) >= 11 is 6.09. The normalized spacial score (nSPS) is 30.7. The number of carbonyl (C=O) groups is 1. The van der Waals surface area contributed by atoms with Crippen LogP contribution in [-0.2, 0) is 18.5 Å². The molecule has 2 aliphatic rings. The molecule has 0 unspecified atom stereocenters. The minimum atomic E-state index is -0.404. The van der Waals surface area contributed by atoms with Gasteiger partial charge in [-0.15, -0.1) is 6.58 Å². The first kappa shape index (κ1) is 16.6. The summed E-state index contributed by atoms with van der Waals surface area (Å²) < 4.78 is 16.2. The van der Waals surface area contributed by atoms with Crippen LogP contribution in [0.4, 0.5) is 0 Å². The predicted octanol–water partition coefficient (Wildman–Crippen LogP) is 4.19. The van der Waals surface area contributed by atoms with Crippen molar-refractivity contribution in [1.29, 1.82) is 0 Å². The Morgan fingerprint density at radius 2 is 2.11 bits per heavy atom. The number of Topliss-reactive ketones (excluding diaryl/α,β-unsaturated/α-hetero) is 1. The highest BCUT2D eigenvalue weighted by Crippen LogP contribution is 2.65. The van der Waals surface area contributed by atoms with Crippen LogP contribution in [0.25, 0.3) is 0 Å². The molecule has 0 radical (unpaired) electrons. The fourth-order valence-corrected chi connectivity index (χ4v) is 4.66.